The third kappa shape index (κ3) is 4.28. The van der Waals surface area contributed by atoms with E-state index in [2.05, 4.69) is 0 Å². The number of hydrogen-bond donors (Lipinski definition) is 0. The minimum atomic E-state index is -0.435. The Morgan fingerprint density at radius 3 is 2.68 bits per heavy atom. The molecule has 7 heteroatoms. The van der Waals surface area contributed by atoms with E-state index in [4.69, 9.17) is 16.3 Å². The highest BCUT2D eigenvalue weighted by molar-refractivity contribution is 6.30. The normalized spacial score (nSPS) is 14.6. The van der Waals surface area contributed by atoms with Gasteiger partial charge in [0, 0.05) is 29.9 Å². The van der Waals surface area contributed by atoms with Crippen molar-refractivity contribution in [2.45, 2.75) is 0 Å². The van der Waals surface area contributed by atoms with Gasteiger partial charge in [-0.25, -0.2) is 4.39 Å². The maximum absolute atomic E-state index is 13.1. The summed E-state index contributed by atoms with van der Waals surface area (Å²) in [5.41, 5.74) is 0.709. The third-order valence-electron chi connectivity index (χ3n) is 3.85. The number of halogens is 2. The van der Waals surface area contributed by atoms with Gasteiger partial charge in [0.05, 0.1) is 0 Å². The van der Waals surface area contributed by atoms with Crippen molar-refractivity contribution in [2.24, 2.45) is 0 Å². The van der Waals surface area contributed by atoms with Crippen LogP contribution in [0.3, 0.4) is 0 Å². The zero-order valence-corrected chi connectivity index (χ0v) is 14.1. The van der Waals surface area contributed by atoms with Crippen molar-refractivity contribution in [3.05, 3.63) is 59.4 Å². The van der Waals surface area contributed by atoms with Crippen molar-refractivity contribution in [2.75, 3.05) is 31.1 Å². The molecule has 1 aliphatic heterocycles. The van der Waals surface area contributed by atoms with Crippen molar-refractivity contribution in [1.82, 2.24) is 4.90 Å². The molecule has 0 saturated carbocycles. The van der Waals surface area contributed by atoms with Crippen molar-refractivity contribution in [1.29, 1.82) is 0 Å². The van der Waals surface area contributed by atoms with Crippen LogP contribution in [-0.4, -0.2) is 43.0 Å². The van der Waals surface area contributed by atoms with Crippen molar-refractivity contribution in [3.8, 4) is 5.75 Å². The van der Waals surface area contributed by atoms with Gasteiger partial charge >= 0.3 is 0 Å². The minimum absolute atomic E-state index is 0.0299. The summed E-state index contributed by atoms with van der Waals surface area (Å²) in [5.74, 6) is -0.663. The predicted molar refractivity (Wildman–Crippen MR) is 92.3 cm³/mol. The highest BCUT2D eigenvalue weighted by atomic mass is 35.5. The second-order valence-electron chi connectivity index (χ2n) is 5.59. The van der Waals surface area contributed by atoms with Crippen LogP contribution >= 0.6 is 11.6 Å². The van der Waals surface area contributed by atoms with Crippen LogP contribution in [0.15, 0.2) is 48.5 Å². The summed E-state index contributed by atoms with van der Waals surface area (Å²) in [7, 11) is 0. The molecule has 130 valence electrons. The van der Waals surface area contributed by atoms with Crippen LogP contribution in [0.2, 0.25) is 5.02 Å². The number of benzene rings is 2. The monoisotopic (exact) mass is 362 g/mol. The molecular formula is C18H16ClFN2O3. The number of anilines is 1. The first-order valence-corrected chi connectivity index (χ1v) is 8.13. The van der Waals surface area contributed by atoms with E-state index in [1.807, 2.05) is 0 Å². The second kappa shape index (κ2) is 7.53. The maximum atomic E-state index is 13.1. The summed E-state index contributed by atoms with van der Waals surface area (Å²) in [6.45, 7) is 0.500. The molecule has 2 amide bonds. The Morgan fingerprint density at radius 1 is 1.16 bits per heavy atom. The number of rotatable bonds is 4. The van der Waals surface area contributed by atoms with E-state index in [0.29, 0.717) is 23.8 Å². The average Bonchev–Trinajstić information content (AvgIpc) is 2.59. The van der Waals surface area contributed by atoms with Gasteiger partial charge in [-0.3, -0.25) is 9.59 Å². The van der Waals surface area contributed by atoms with Gasteiger partial charge in [-0.2, -0.15) is 0 Å². The number of hydrogen-bond acceptors (Lipinski definition) is 3. The van der Waals surface area contributed by atoms with Crippen molar-refractivity contribution < 1.29 is 18.7 Å². The van der Waals surface area contributed by atoms with E-state index >= 15 is 0 Å². The maximum Gasteiger partial charge on any atom is 0.261 e. The SMILES string of the molecule is O=C(COc1cccc(F)c1)N1CCN(c2cccc(Cl)c2)C(=O)C1. The Labute approximate surface area is 149 Å². The zero-order valence-electron chi connectivity index (χ0n) is 13.3. The lowest BCUT2D eigenvalue weighted by molar-refractivity contribution is -0.138. The quantitative estimate of drug-likeness (QED) is 0.840. The fourth-order valence-electron chi connectivity index (χ4n) is 2.60. The summed E-state index contributed by atoms with van der Waals surface area (Å²) in [5, 5.41) is 0.548. The first-order chi connectivity index (χ1) is 12.0. The molecule has 1 heterocycles. The Bertz CT molecular complexity index is 799. The van der Waals surface area contributed by atoms with Crippen LogP contribution in [0.25, 0.3) is 0 Å². The molecule has 1 aliphatic rings. The third-order valence-corrected chi connectivity index (χ3v) is 4.09. The van der Waals surface area contributed by atoms with Crippen LogP contribution in [0, 0.1) is 5.82 Å². The standard InChI is InChI=1S/C18H16ClFN2O3/c19-13-3-1-5-15(9-13)22-8-7-21(11-17(22)23)18(24)12-25-16-6-2-4-14(20)10-16/h1-6,9-10H,7-8,11-12H2. The summed E-state index contributed by atoms with van der Waals surface area (Å²) in [6, 6.07) is 12.6. The van der Waals surface area contributed by atoms with Crippen LogP contribution < -0.4 is 9.64 Å². The van der Waals surface area contributed by atoms with E-state index in [-0.39, 0.29) is 30.7 Å². The zero-order chi connectivity index (χ0) is 17.8. The number of nitrogens with zero attached hydrogens (tertiary/aromatic N) is 2. The smallest absolute Gasteiger partial charge is 0.261 e. The molecule has 3 rings (SSSR count). The fourth-order valence-corrected chi connectivity index (χ4v) is 2.78. The molecule has 5 nitrogen and oxygen atoms in total. The van der Waals surface area contributed by atoms with Crippen LogP contribution in [0.5, 0.6) is 5.75 Å². The highest BCUT2D eigenvalue weighted by Crippen LogP contribution is 2.21. The first kappa shape index (κ1) is 17.2. The topological polar surface area (TPSA) is 49.9 Å². The Morgan fingerprint density at radius 2 is 1.96 bits per heavy atom. The van der Waals surface area contributed by atoms with Gasteiger partial charge in [-0.05, 0) is 30.3 Å². The van der Waals surface area contributed by atoms with Crippen molar-refractivity contribution in [3.63, 3.8) is 0 Å². The fraction of sp³-hybridized carbons (Fsp3) is 0.222. The lowest BCUT2D eigenvalue weighted by atomic mass is 10.2. The van der Waals surface area contributed by atoms with E-state index in [1.165, 1.54) is 23.1 Å². The minimum Gasteiger partial charge on any atom is -0.484 e. The molecule has 25 heavy (non-hydrogen) atoms. The number of ether oxygens (including phenoxy) is 1. The van der Waals surface area contributed by atoms with Crippen molar-refractivity contribution >= 4 is 29.1 Å². The van der Waals surface area contributed by atoms with Gasteiger partial charge in [0.2, 0.25) is 5.91 Å². The summed E-state index contributed by atoms with van der Waals surface area (Å²) in [6.07, 6.45) is 0. The van der Waals surface area contributed by atoms with Gasteiger partial charge in [-0.1, -0.05) is 23.7 Å². The van der Waals surface area contributed by atoms with Gasteiger partial charge in [0.15, 0.2) is 6.61 Å². The van der Waals surface area contributed by atoms with E-state index < -0.39 is 5.82 Å². The molecule has 1 fully saturated rings. The number of carbonyl (C=O) groups excluding carboxylic acids is 2. The summed E-state index contributed by atoms with van der Waals surface area (Å²) < 4.78 is 18.4. The van der Waals surface area contributed by atoms with E-state index in [0.717, 1.165) is 0 Å². The molecule has 0 N–H and O–H groups in total. The lowest BCUT2D eigenvalue weighted by Crippen LogP contribution is -2.53. The number of amides is 2. The molecular weight excluding hydrogens is 347 g/mol. The Hall–Kier alpha value is -2.60. The molecule has 1 saturated heterocycles. The lowest BCUT2D eigenvalue weighted by Gasteiger charge is -2.34. The molecule has 0 aliphatic carbocycles. The van der Waals surface area contributed by atoms with Crippen LogP contribution in [-0.2, 0) is 9.59 Å². The first-order valence-electron chi connectivity index (χ1n) is 7.75. The summed E-state index contributed by atoms with van der Waals surface area (Å²) in [4.78, 5) is 27.6. The molecule has 0 atom stereocenters. The number of piperazine rings is 1. The Balaban J connectivity index is 1.57. The molecule has 0 bridgehead atoms. The average molecular weight is 363 g/mol. The number of carbonyl (C=O) groups is 2. The predicted octanol–water partition coefficient (Wildman–Crippen LogP) is 2.73. The molecule has 2 aromatic rings. The summed E-state index contributed by atoms with van der Waals surface area (Å²) >= 11 is 5.96. The van der Waals surface area contributed by atoms with Crippen LogP contribution in [0.4, 0.5) is 10.1 Å². The van der Waals surface area contributed by atoms with Gasteiger partial charge in [0.1, 0.15) is 18.1 Å². The van der Waals surface area contributed by atoms with Gasteiger partial charge in [-0.15, -0.1) is 0 Å². The van der Waals surface area contributed by atoms with Gasteiger partial charge in [0.25, 0.3) is 5.91 Å². The largest absolute Gasteiger partial charge is 0.484 e. The van der Waals surface area contributed by atoms with Crippen LogP contribution in [0.1, 0.15) is 0 Å². The molecule has 0 unspecified atom stereocenters. The molecule has 0 radical (unpaired) electrons. The van der Waals surface area contributed by atoms with Gasteiger partial charge < -0.3 is 14.5 Å². The molecule has 2 aromatic carbocycles. The second-order valence-corrected chi connectivity index (χ2v) is 6.02. The highest BCUT2D eigenvalue weighted by Gasteiger charge is 2.28. The van der Waals surface area contributed by atoms with E-state index in [9.17, 15) is 14.0 Å². The molecule has 0 aromatic heterocycles. The van der Waals surface area contributed by atoms with E-state index in [1.54, 1.807) is 35.2 Å². The Kier molecular flexibility index (Phi) is 5.19. The molecule has 0 spiro atoms.